The number of hydrogen-bond acceptors (Lipinski definition) is 4. The molecule has 7 heteroatoms. The summed E-state index contributed by atoms with van der Waals surface area (Å²) < 4.78 is 18.3. The van der Waals surface area contributed by atoms with Crippen molar-refractivity contribution in [1.29, 1.82) is 0 Å². The van der Waals surface area contributed by atoms with Crippen LogP contribution in [0.5, 0.6) is 0 Å². The fourth-order valence-electron chi connectivity index (χ4n) is 2.17. The van der Waals surface area contributed by atoms with Crippen molar-refractivity contribution in [3.05, 3.63) is 46.6 Å². The lowest BCUT2D eigenvalue weighted by Crippen LogP contribution is -2.14. The molecule has 108 valence electrons. The first kappa shape index (κ1) is 15.2. The van der Waals surface area contributed by atoms with Gasteiger partial charge in [0.1, 0.15) is 6.17 Å². The molecule has 1 N–H and O–H groups in total. The summed E-state index contributed by atoms with van der Waals surface area (Å²) in [5.74, 6) is 1.01. The average molecular weight is 318 g/mol. The molecule has 3 rings (SSSR count). The molecule has 1 fully saturated rings. The minimum atomic E-state index is -0.844. The van der Waals surface area contributed by atoms with E-state index >= 15 is 0 Å². The van der Waals surface area contributed by atoms with E-state index in [1.54, 1.807) is 0 Å². The molecular formula is C13H14Cl2FN3O. The Morgan fingerprint density at radius 2 is 2.20 bits per heavy atom. The van der Waals surface area contributed by atoms with E-state index in [-0.39, 0.29) is 18.4 Å². The van der Waals surface area contributed by atoms with E-state index in [4.69, 9.17) is 16.1 Å². The zero-order chi connectivity index (χ0) is 13.2. The molecule has 20 heavy (non-hydrogen) atoms. The lowest BCUT2D eigenvalue weighted by atomic mass is 10.1. The van der Waals surface area contributed by atoms with Gasteiger partial charge in [-0.1, -0.05) is 35.0 Å². The summed E-state index contributed by atoms with van der Waals surface area (Å²) in [6.07, 6.45) is 0.0479. The summed E-state index contributed by atoms with van der Waals surface area (Å²) in [4.78, 5) is 4.30. The normalized spacial score (nSPS) is 21.7. The maximum atomic E-state index is 13.1. The number of hydrogen-bond donors (Lipinski definition) is 1. The van der Waals surface area contributed by atoms with E-state index in [0.29, 0.717) is 36.1 Å². The Balaban J connectivity index is 0.00000147. The number of alkyl halides is 1. The molecule has 2 aromatic rings. The van der Waals surface area contributed by atoms with Crippen LogP contribution in [0.4, 0.5) is 4.39 Å². The van der Waals surface area contributed by atoms with E-state index in [1.165, 1.54) is 0 Å². The fourth-order valence-corrected chi connectivity index (χ4v) is 2.38. The van der Waals surface area contributed by atoms with Crippen LogP contribution in [0.1, 0.15) is 29.7 Å². The molecule has 2 atom stereocenters. The second kappa shape index (κ2) is 6.52. The Morgan fingerprint density at radius 1 is 1.40 bits per heavy atom. The first-order valence-electron chi connectivity index (χ1n) is 6.15. The van der Waals surface area contributed by atoms with Crippen molar-refractivity contribution in [1.82, 2.24) is 15.5 Å². The van der Waals surface area contributed by atoms with Gasteiger partial charge in [-0.3, -0.25) is 0 Å². The second-order valence-electron chi connectivity index (χ2n) is 4.61. The Kier molecular flexibility index (Phi) is 4.96. The van der Waals surface area contributed by atoms with Crippen molar-refractivity contribution in [3.63, 3.8) is 0 Å². The van der Waals surface area contributed by atoms with Crippen LogP contribution in [0.15, 0.2) is 28.8 Å². The van der Waals surface area contributed by atoms with Crippen molar-refractivity contribution >= 4 is 24.0 Å². The lowest BCUT2D eigenvalue weighted by molar-refractivity contribution is 0.322. The number of halogens is 3. The maximum absolute atomic E-state index is 13.1. The summed E-state index contributed by atoms with van der Waals surface area (Å²) in [5.41, 5.74) is 0.944. The van der Waals surface area contributed by atoms with Gasteiger partial charge in [0.15, 0.2) is 5.82 Å². The smallest absolute Gasteiger partial charge is 0.243 e. The highest BCUT2D eigenvalue weighted by Crippen LogP contribution is 2.24. The first-order valence-corrected chi connectivity index (χ1v) is 6.53. The Morgan fingerprint density at radius 3 is 2.90 bits per heavy atom. The van der Waals surface area contributed by atoms with Crippen molar-refractivity contribution in [2.75, 3.05) is 6.54 Å². The molecule has 0 bridgehead atoms. The summed E-state index contributed by atoms with van der Waals surface area (Å²) in [5, 5.41) is 7.61. The van der Waals surface area contributed by atoms with E-state index in [2.05, 4.69) is 15.5 Å². The number of nitrogens with one attached hydrogen (secondary N) is 1. The molecular weight excluding hydrogens is 304 g/mol. The molecule has 1 saturated heterocycles. The summed E-state index contributed by atoms with van der Waals surface area (Å²) in [7, 11) is 0. The van der Waals surface area contributed by atoms with Crippen LogP contribution in [0.25, 0.3) is 0 Å². The third-order valence-corrected chi connectivity index (χ3v) is 3.53. The maximum Gasteiger partial charge on any atom is 0.243 e. The largest absolute Gasteiger partial charge is 0.338 e. The van der Waals surface area contributed by atoms with Gasteiger partial charge in [0.25, 0.3) is 0 Å². The van der Waals surface area contributed by atoms with Crippen LogP contribution in [-0.2, 0) is 6.42 Å². The number of benzene rings is 1. The highest BCUT2D eigenvalue weighted by Gasteiger charge is 2.29. The predicted molar refractivity (Wildman–Crippen MR) is 76.1 cm³/mol. The highest BCUT2D eigenvalue weighted by atomic mass is 35.5. The SMILES string of the molecule is Cl.F[C@@H]1CN[C@@H](c2nc(Cc3ccccc3Cl)no2)C1. The second-order valence-corrected chi connectivity index (χ2v) is 5.02. The molecule has 0 saturated carbocycles. The third-order valence-electron chi connectivity index (χ3n) is 3.17. The molecule has 0 amide bonds. The van der Waals surface area contributed by atoms with Crippen LogP contribution < -0.4 is 5.32 Å². The predicted octanol–water partition coefficient (Wildman–Crippen LogP) is 3.11. The van der Waals surface area contributed by atoms with Crippen LogP contribution >= 0.6 is 24.0 Å². The number of nitrogens with zero attached hydrogens (tertiary/aromatic N) is 2. The van der Waals surface area contributed by atoms with Crippen LogP contribution in [0, 0.1) is 0 Å². The summed E-state index contributed by atoms with van der Waals surface area (Å²) >= 11 is 6.08. The van der Waals surface area contributed by atoms with Gasteiger partial charge in [-0.25, -0.2) is 4.39 Å². The van der Waals surface area contributed by atoms with Gasteiger partial charge >= 0.3 is 0 Å². The molecule has 0 spiro atoms. The number of aromatic nitrogens is 2. The molecule has 1 aromatic carbocycles. The van der Waals surface area contributed by atoms with Crippen molar-refractivity contribution in [2.24, 2.45) is 0 Å². The van der Waals surface area contributed by atoms with Crippen molar-refractivity contribution in [3.8, 4) is 0 Å². The Bertz CT molecular complexity index is 578. The van der Waals surface area contributed by atoms with Gasteiger partial charge < -0.3 is 9.84 Å². The quantitative estimate of drug-likeness (QED) is 0.945. The van der Waals surface area contributed by atoms with Crippen LogP contribution in [-0.4, -0.2) is 22.9 Å². The topological polar surface area (TPSA) is 51.0 Å². The molecule has 0 aliphatic carbocycles. The van der Waals surface area contributed by atoms with E-state index in [9.17, 15) is 4.39 Å². The molecule has 4 nitrogen and oxygen atoms in total. The minimum absolute atomic E-state index is 0. The van der Waals surface area contributed by atoms with Gasteiger partial charge in [-0.2, -0.15) is 4.98 Å². The zero-order valence-electron chi connectivity index (χ0n) is 10.6. The Labute approximate surface area is 127 Å². The molecule has 1 aromatic heterocycles. The standard InChI is InChI=1S/C13H13ClFN3O.ClH/c14-10-4-2-1-3-8(10)5-12-17-13(19-18-12)11-6-9(15)7-16-11;/h1-4,9,11,16H,5-7H2;1H/t9-,11+;/m0./s1. The van der Waals surface area contributed by atoms with Gasteiger partial charge in [0, 0.05) is 24.4 Å². The number of rotatable bonds is 3. The zero-order valence-corrected chi connectivity index (χ0v) is 12.1. The summed E-state index contributed by atoms with van der Waals surface area (Å²) in [6.45, 7) is 0.340. The monoisotopic (exact) mass is 317 g/mol. The van der Waals surface area contributed by atoms with Gasteiger partial charge in [-0.15, -0.1) is 12.4 Å². The minimum Gasteiger partial charge on any atom is -0.338 e. The van der Waals surface area contributed by atoms with Crippen LogP contribution in [0.2, 0.25) is 5.02 Å². The third kappa shape index (κ3) is 3.29. The van der Waals surface area contributed by atoms with Gasteiger partial charge in [0.05, 0.1) is 6.04 Å². The highest BCUT2D eigenvalue weighted by molar-refractivity contribution is 6.31. The van der Waals surface area contributed by atoms with Crippen molar-refractivity contribution < 1.29 is 8.91 Å². The molecule has 2 heterocycles. The van der Waals surface area contributed by atoms with Gasteiger partial charge in [-0.05, 0) is 11.6 Å². The summed E-state index contributed by atoms with van der Waals surface area (Å²) in [6, 6.07) is 7.35. The molecule has 1 aliphatic rings. The lowest BCUT2D eigenvalue weighted by Gasteiger charge is -2.01. The van der Waals surface area contributed by atoms with E-state index < -0.39 is 6.17 Å². The van der Waals surface area contributed by atoms with E-state index in [0.717, 1.165) is 5.56 Å². The van der Waals surface area contributed by atoms with Crippen LogP contribution in [0.3, 0.4) is 0 Å². The Hall–Kier alpha value is -1.17. The van der Waals surface area contributed by atoms with Gasteiger partial charge in [0.2, 0.25) is 5.89 Å². The average Bonchev–Trinajstić information content (AvgIpc) is 3.01. The fraction of sp³-hybridized carbons (Fsp3) is 0.385. The molecule has 0 radical (unpaired) electrons. The van der Waals surface area contributed by atoms with E-state index in [1.807, 2.05) is 24.3 Å². The molecule has 0 unspecified atom stereocenters. The molecule has 1 aliphatic heterocycles. The first-order chi connectivity index (χ1) is 9.22. The van der Waals surface area contributed by atoms with Crippen molar-refractivity contribution in [2.45, 2.75) is 25.1 Å².